The number of likely N-dealkylation sites (tertiary alicyclic amines) is 1. The van der Waals surface area contributed by atoms with Gasteiger partial charge in [-0.2, -0.15) is 0 Å². The van der Waals surface area contributed by atoms with Crippen molar-refractivity contribution >= 4 is 11.7 Å². The molecule has 8 heteroatoms. The van der Waals surface area contributed by atoms with Crippen molar-refractivity contribution in [2.24, 2.45) is 5.92 Å². The van der Waals surface area contributed by atoms with Crippen molar-refractivity contribution in [3.8, 4) is 22.6 Å². The van der Waals surface area contributed by atoms with E-state index in [1.165, 1.54) is 32.1 Å². The number of anilines is 1. The van der Waals surface area contributed by atoms with Crippen molar-refractivity contribution in [2.45, 2.75) is 70.7 Å². The normalized spacial score (nSPS) is 20.7. The lowest BCUT2D eigenvalue weighted by atomic mass is 9.89. The van der Waals surface area contributed by atoms with Gasteiger partial charge in [-0.1, -0.05) is 117 Å². The minimum Gasteiger partial charge on any atom is -0.457 e. The van der Waals surface area contributed by atoms with Crippen molar-refractivity contribution in [2.75, 3.05) is 25.0 Å². The van der Waals surface area contributed by atoms with E-state index in [-0.39, 0.29) is 30.8 Å². The number of hydrogen-bond donors (Lipinski definition) is 3. The van der Waals surface area contributed by atoms with Gasteiger partial charge in [0.25, 0.3) is 0 Å². The largest absolute Gasteiger partial charge is 0.457 e. The Morgan fingerprint density at radius 3 is 2.11 bits per heavy atom. The molecule has 0 aromatic heterocycles. The molecule has 280 valence electrons. The van der Waals surface area contributed by atoms with Gasteiger partial charge >= 0.3 is 6.03 Å². The quantitative estimate of drug-likeness (QED) is 0.126. The number of benzene rings is 5. The standard InChI is InChI=1S/C46H51N3O5/c1-33-43(31-49-28-10-3-2-4-11-29-49)53-45(54-44(33)36-18-16-34(32-50)17-19-36)37-22-20-35(21-23-37)42-15-9-8-12-38(42)30-47-46(51)48-39-24-26-41(27-25-39)52-40-13-6-5-7-14-40/h5-9,12-27,33,43-45,50H,2-4,10-11,28-32H2,1H3,(H2,47,48,51)/t33-,43+,44+,45+/m0/s1. The van der Waals surface area contributed by atoms with Gasteiger partial charge in [0.05, 0.1) is 18.8 Å². The van der Waals surface area contributed by atoms with Gasteiger partial charge in [0.2, 0.25) is 0 Å². The summed E-state index contributed by atoms with van der Waals surface area (Å²) in [5, 5.41) is 15.6. The number of rotatable bonds is 11. The molecule has 3 N–H and O–H groups in total. The first kappa shape index (κ1) is 37.3. The summed E-state index contributed by atoms with van der Waals surface area (Å²) in [5.74, 6) is 1.60. The highest BCUT2D eigenvalue weighted by Gasteiger charge is 2.39. The van der Waals surface area contributed by atoms with Gasteiger partial charge < -0.3 is 34.9 Å². The predicted octanol–water partition coefficient (Wildman–Crippen LogP) is 10.0. The third kappa shape index (κ3) is 9.75. The van der Waals surface area contributed by atoms with Crippen molar-refractivity contribution in [3.05, 3.63) is 150 Å². The summed E-state index contributed by atoms with van der Waals surface area (Å²) in [6.45, 7) is 5.71. The Labute approximate surface area is 319 Å². The molecule has 2 amide bonds. The molecule has 0 radical (unpaired) electrons. The third-order valence-corrected chi connectivity index (χ3v) is 10.6. The van der Waals surface area contributed by atoms with E-state index in [1.807, 2.05) is 84.9 Å². The molecule has 8 nitrogen and oxygen atoms in total. The number of aliphatic hydroxyl groups excluding tert-OH is 1. The number of hydrogen-bond acceptors (Lipinski definition) is 6. The highest BCUT2D eigenvalue weighted by Crippen LogP contribution is 2.42. The smallest absolute Gasteiger partial charge is 0.319 e. The number of para-hydroxylation sites is 1. The number of nitrogens with zero attached hydrogens (tertiary/aromatic N) is 1. The van der Waals surface area contributed by atoms with Crippen LogP contribution >= 0.6 is 0 Å². The maximum Gasteiger partial charge on any atom is 0.319 e. The van der Waals surface area contributed by atoms with E-state index in [0.717, 1.165) is 58.8 Å². The van der Waals surface area contributed by atoms with Gasteiger partial charge in [-0.15, -0.1) is 0 Å². The average Bonchev–Trinajstić information content (AvgIpc) is 3.20. The van der Waals surface area contributed by atoms with Crippen LogP contribution in [0.2, 0.25) is 0 Å². The fourth-order valence-corrected chi connectivity index (χ4v) is 7.44. The molecular weight excluding hydrogens is 675 g/mol. The molecule has 0 aliphatic carbocycles. The highest BCUT2D eigenvalue weighted by atomic mass is 16.7. The molecule has 4 atom stereocenters. The summed E-state index contributed by atoms with van der Waals surface area (Å²) in [4.78, 5) is 15.5. The zero-order valence-electron chi connectivity index (χ0n) is 31.0. The summed E-state index contributed by atoms with van der Waals surface area (Å²) >= 11 is 0. The molecule has 2 aliphatic rings. The lowest BCUT2D eigenvalue weighted by Gasteiger charge is -2.43. The fraction of sp³-hybridized carbons (Fsp3) is 0.326. The molecule has 0 saturated carbocycles. The molecule has 2 saturated heterocycles. The first-order chi connectivity index (χ1) is 26.5. The van der Waals surface area contributed by atoms with E-state index in [2.05, 4.69) is 64.9 Å². The van der Waals surface area contributed by atoms with Gasteiger partial charge in [0.15, 0.2) is 6.29 Å². The van der Waals surface area contributed by atoms with Crippen LogP contribution in [0.5, 0.6) is 11.5 Å². The second-order valence-electron chi connectivity index (χ2n) is 14.4. The number of urea groups is 1. The van der Waals surface area contributed by atoms with E-state index >= 15 is 0 Å². The summed E-state index contributed by atoms with van der Waals surface area (Å²) in [5.41, 5.74) is 6.72. The van der Waals surface area contributed by atoms with E-state index in [4.69, 9.17) is 14.2 Å². The van der Waals surface area contributed by atoms with Crippen molar-refractivity contribution in [1.29, 1.82) is 0 Å². The molecule has 0 spiro atoms. The summed E-state index contributed by atoms with van der Waals surface area (Å²) in [6, 6.07) is 41.2. The van der Waals surface area contributed by atoms with Gasteiger partial charge in [-0.3, -0.25) is 0 Å². The van der Waals surface area contributed by atoms with E-state index in [0.29, 0.717) is 18.0 Å². The predicted molar refractivity (Wildman–Crippen MR) is 213 cm³/mol. The molecule has 7 rings (SSSR count). The summed E-state index contributed by atoms with van der Waals surface area (Å²) in [7, 11) is 0. The maximum atomic E-state index is 12.9. The van der Waals surface area contributed by atoms with Crippen molar-refractivity contribution in [1.82, 2.24) is 10.2 Å². The van der Waals surface area contributed by atoms with Gasteiger partial charge in [-0.05, 0) is 90.1 Å². The Bertz CT molecular complexity index is 1910. The number of amides is 2. The van der Waals surface area contributed by atoms with Crippen LogP contribution in [0.15, 0.2) is 127 Å². The molecule has 2 fully saturated rings. The molecule has 2 aliphatic heterocycles. The zero-order valence-corrected chi connectivity index (χ0v) is 31.0. The van der Waals surface area contributed by atoms with Crippen LogP contribution in [0, 0.1) is 5.92 Å². The second kappa shape index (κ2) is 18.4. The molecule has 54 heavy (non-hydrogen) atoms. The Kier molecular flexibility index (Phi) is 12.7. The number of ether oxygens (including phenoxy) is 3. The number of carbonyl (C=O) groups excluding carboxylic acids is 1. The van der Waals surface area contributed by atoms with Crippen LogP contribution in [0.4, 0.5) is 10.5 Å². The lowest BCUT2D eigenvalue weighted by molar-refractivity contribution is -0.276. The Hall–Kier alpha value is -4.99. The summed E-state index contributed by atoms with van der Waals surface area (Å²) in [6.07, 6.45) is 5.73. The molecule has 5 aromatic rings. The first-order valence-electron chi connectivity index (χ1n) is 19.3. The number of aliphatic hydroxyl groups is 1. The Morgan fingerprint density at radius 1 is 0.741 bits per heavy atom. The van der Waals surface area contributed by atoms with E-state index in [9.17, 15) is 9.90 Å². The average molecular weight is 726 g/mol. The van der Waals surface area contributed by atoms with Crippen molar-refractivity contribution < 1.29 is 24.1 Å². The van der Waals surface area contributed by atoms with Crippen LogP contribution < -0.4 is 15.4 Å². The monoisotopic (exact) mass is 725 g/mol. The van der Waals surface area contributed by atoms with Crippen molar-refractivity contribution in [3.63, 3.8) is 0 Å². The van der Waals surface area contributed by atoms with Crippen LogP contribution in [0.3, 0.4) is 0 Å². The zero-order chi connectivity index (χ0) is 37.1. The minimum atomic E-state index is -0.517. The third-order valence-electron chi connectivity index (χ3n) is 10.6. The van der Waals surface area contributed by atoms with Gasteiger partial charge in [-0.25, -0.2) is 4.79 Å². The van der Waals surface area contributed by atoms with Crippen LogP contribution in [0.25, 0.3) is 11.1 Å². The van der Waals surface area contributed by atoms with E-state index in [1.54, 1.807) is 0 Å². The van der Waals surface area contributed by atoms with Crippen LogP contribution in [0.1, 0.15) is 73.7 Å². The number of carbonyl (C=O) groups is 1. The Morgan fingerprint density at radius 2 is 1.39 bits per heavy atom. The molecule has 2 heterocycles. The SMILES string of the molecule is C[C@H]1[C@@H](CN2CCCCCCC2)O[C@@H](c2ccc(-c3ccccc3CNC(=O)Nc3ccc(Oc4ccccc4)cc3)cc2)O[C@H]1c1ccc(CO)cc1. The first-order valence-corrected chi connectivity index (χ1v) is 19.3. The molecule has 5 aromatic carbocycles. The minimum absolute atomic E-state index is 0.00359. The Balaban J connectivity index is 1.01. The number of nitrogens with one attached hydrogen (secondary N) is 2. The van der Waals surface area contributed by atoms with Crippen LogP contribution in [-0.4, -0.2) is 41.8 Å². The van der Waals surface area contributed by atoms with E-state index < -0.39 is 6.29 Å². The maximum absolute atomic E-state index is 12.9. The fourth-order valence-electron chi connectivity index (χ4n) is 7.44. The highest BCUT2D eigenvalue weighted by molar-refractivity contribution is 5.89. The topological polar surface area (TPSA) is 92.3 Å². The molecule has 0 unspecified atom stereocenters. The van der Waals surface area contributed by atoms with Gasteiger partial charge in [0, 0.05) is 30.3 Å². The summed E-state index contributed by atoms with van der Waals surface area (Å²) < 4.78 is 19.4. The molecular formula is C46H51N3O5. The van der Waals surface area contributed by atoms with Gasteiger partial charge in [0.1, 0.15) is 11.5 Å². The second-order valence-corrected chi connectivity index (χ2v) is 14.4. The lowest BCUT2D eigenvalue weighted by Crippen LogP contribution is -2.45. The molecule has 0 bridgehead atoms. The van der Waals surface area contributed by atoms with Crippen LogP contribution in [-0.2, 0) is 22.6 Å².